The van der Waals surface area contributed by atoms with Crippen molar-refractivity contribution in [3.63, 3.8) is 0 Å². The van der Waals surface area contributed by atoms with Crippen molar-refractivity contribution in [1.29, 1.82) is 0 Å². The van der Waals surface area contributed by atoms with E-state index in [2.05, 4.69) is 27.9 Å². The number of halogens is 1. The van der Waals surface area contributed by atoms with Crippen molar-refractivity contribution in [2.45, 2.75) is 20.5 Å². The molecule has 2 aromatic carbocycles. The second-order valence-electron chi connectivity index (χ2n) is 5.85. The molecule has 142 valence electrons. The summed E-state index contributed by atoms with van der Waals surface area (Å²) in [6.07, 6.45) is 1.37. The van der Waals surface area contributed by atoms with Crippen LogP contribution in [0.4, 0.5) is 0 Å². The van der Waals surface area contributed by atoms with Gasteiger partial charge >= 0.3 is 5.97 Å². The summed E-state index contributed by atoms with van der Waals surface area (Å²) < 4.78 is 12.1. The van der Waals surface area contributed by atoms with Gasteiger partial charge in [0.05, 0.1) is 10.7 Å². The molecule has 2 N–H and O–H groups in total. The maximum absolute atomic E-state index is 11.3. The summed E-state index contributed by atoms with van der Waals surface area (Å²) in [6, 6.07) is 11.5. The Morgan fingerprint density at radius 1 is 1.22 bits per heavy atom. The summed E-state index contributed by atoms with van der Waals surface area (Å²) in [4.78, 5) is 22.5. The topological polar surface area (TPSA) is 84.9 Å². The minimum Gasteiger partial charge on any atom is -0.493 e. The predicted octanol–water partition coefficient (Wildman–Crippen LogP) is 3.75. The van der Waals surface area contributed by atoms with Gasteiger partial charge in [0.15, 0.2) is 11.5 Å². The number of rotatable bonds is 7. The molecule has 0 bridgehead atoms. The Morgan fingerprint density at radius 3 is 2.44 bits per heavy atom. The van der Waals surface area contributed by atoms with Gasteiger partial charge in [0, 0.05) is 6.92 Å². The first-order valence-electron chi connectivity index (χ1n) is 8.08. The zero-order valence-electron chi connectivity index (χ0n) is 15.2. The van der Waals surface area contributed by atoms with Crippen LogP contribution in [0.5, 0.6) is 11.5 Å². The number of hydrogen-bond acceptors (Lipinski definition) is 4. The maximum Gasteiger partial charge on any atom is 0.352 e. The smallest absolute Gasteiger partial charge is 0.352 e. The van der Waals surface area contributed by atoms with Crippen molar-refractivity contribution in [1.82, 2.24) is 5.32 Å². The van der Waals surface area contributed by atoms with E-state index in [9.17, 15) is 14.7 Å². The van der Waals surface area contributed by atoms with E-state index in [-0.39, 0.29) is 5.70 Å². The highest BCUT2D eigenvalue weighted by atomic mass is 127. The lowest BCUT2D eigenvalue weighted by Crippen LogP contribution is -2.24. The standard InChI is InChI=1S/C20H20INO5/c1-12-4-6-14(7-5-12)11-27-19-16(21)8-15(10-18(19)26-3)9-17(20(24)25)22-13(2)23/h4-10H,11H2,1-3H3,(H,22,23)(H,24,25). The minimum absolute atomic E-state index is 0.214. The SMILES string of the molecule is COc1cc(C=C(NC(C)=O)C(=O)O)cc(I)c1OCc1ccc(C)cc1. The van der Waals surface area contributed by atoms with Gasteiger partial charge < -0.3 is 19.9 Å². The zero-order valence-corrected chi connectivity index (χ0v) is 17.4. The van der Waals surface area contributed by atoms with E-state index in [0.29, 0.717) is 23.7 Å². The van der Waals surface area contributed by atoms with E-state index >= 15 is 0 Å². The molecule has 0 saturated heterocycles. The normalized spacial score (nSPS) is 11.0. The average Bonchev–Trinajstić information content (AvgIpc) is 2.60. The molecule has 0 radical (unpaired) electrons. The van der Waals surface area contributed by atoms with E-state index < -0.39 is 11.9 Å². The molecule has 0 heterocycles. The zero-order chi connectivity index (χ0) is 20.0. The van der Waals surface area contributed by atoms with Crippen LogP contribution >= 0.6 is 22.6 Å². The summed E-state index contributed by atoms with van der Waals surface area (Å²) in [5.41, 5.74) is 2.57. The van der Waals surface area contributed by atoms with Crippen molar-refractivity contribution < 1.29 is 24.2 Å². The molecule has 0 aliphatic rings. The van der Waals surface area contributed by atoms with Crippen LogP contribution in [0.2, 0.25) is 0 Å². The highest BCUT2D eigenvalue weighted by Crippen LogP contribution is 2.35. The molecule has 0 aliphatic heterocycles. The van der Waals surface area contributed by atoms with Gasteiger partial charge in [-0.05, 0) is 58.9 Å². The van der Waals surface area contributed by atoms with Gasteiger partial charge in [0.25, 0.3) is 0 Å². The summed E-state index contributed by atoms with van der Waals surface area (Å²) in [7, 11) is 1.52. The molecular formula is C20H20INO5. The molecule has 6 nitrogen and oxygen atoms in total. The summed E-state index contributed by atoms with van der Waals surface area (Å²) in [5, 5.41) is 11.5. The van der Waals surface area contributed by atoms with Crippen molar-refractivity contribution in [2.75, 3.05) is 7.11 Å². The van der Waals surface area contributed by atoms with Gasteiger partial charge in [0.2, 0.25) is 5.91 Å². The maximum atomic E-state index is 11.3. The van der Waals surface area contributed by atoms with Crippen LogP contribution in [-0.4, -0.2) is 24.1 Å². The Hall–Kier alpha value is -2.55. The molecule has 7 heteroatoms. The third-order valence-electron chi connectivity index (χ3n) is 3.61. The van der Waals surface area contributed by atoms with Crippen LogP contribution in [0.25, 0.3) is 6.08 Å². The van der Waals surface area contributed by atoms with Gasteiger partial charge in [-0.15, -0.1) is 0 Å². The number of carboxylic acid groups (broad SMARTS) is 1. The molecule has 0 spiro atoms. The molecule has 0 aliphatic carbocycles. The quantitative estimate of drug-likeness (QED) is 0.465. The molecule has 1 amide bonds. The van der Waals surface area contributed by atoms with Crippen LogP contribution in [0.1, 0.15) is 23.6 Å². The van der Waals surface area contributed by atoms with E-state index in [1.54, 1.807) is 12.1 Å². The molecule has 0 aromatic heterocycles. The lowest BCUT2D eigenvalue weighted by atomic mass is 10.1. The molecule has 2 aromatic rings. The van der Waals surface area contributed by atoms with Gasteiger partial charge in [-0.25, -0.2) is 4.79 Å². The van der Waals surface area contributed by atoms with E-state index in [4.69, 9.17) is 9.47 Å². The number of carbonyl (C=O) groups is 2. The first kappa shape index (κ1) is 20.8. The number of hydrogen-bond donors (Lipinski definition) is 2. The average molecular weight is 481 g/mol. The molecular weight excluding hydrogens is 461 g/mol. The molecule has 0 fully saturated rings. The number of methoxy groups -OCH3 is 1. The first-order chi connectivity index (χ1) is 12.8. The third-order valence-corrected chi connectivity index (χ3v) is 4.41. The number of ether oxygens (including phenoxy) is 2. The summed E-state index contributed by atoms with van der Waals surface area (Å²) in [6.45, 7) is 3.66. The third kappa shape index (κ3) is 5.99. The van der Waals surface area contributed by atoms with Crippen LogP contribution in [-0.2, 0) is 16.2 Å². The van der Waals surface area contributed by atoms with Crippen molar-refractivity contribution >= 4 is 40.5 Å². The number of carbonyl (C=O) groups excluding carboxylic acids is 1. The van der Waals surface area contributed by atoms with E-state index in [1.807, 2.05) is 31.2 Å². The summed E-state index contributed by atoms with van der Waals surface area (Å²) in [5.74, 6) is -0.623. The second kappa shape index (κ2) is 9.40. The van der Waals surface area contributed by atoms with Crippen LogP contribution < -0.4 is 14.8 Å². The lowest BCUT2D eigenvalue weighted by Gasteiger charge is -2.14. The van der Waals surface area contributed by atoms with Gasteiger partial charge in [0.1, 0.15) is 12.3 Å². The lowest BCUT2D eigenvalue weighted by molar-refractivity contribution is -0.134. The minimum atomic E-state index is -1.22. The first-order valence-corrected chi connectivity index (χ1v) is 9.16. The largest absolute Gasteiger partial charge is 0.493 e. The molecule has 0 atom stereocenters. The van der Waals surface area contributed by atoms with Crippen molar-refractivity contribution in [3.05, 3.63) is 62.4 Å². The van der Waals surface area contributed by atoms with Gasteiger partial charge in [-0.3, -0.25) is 4.79 Å². The fourth-order valence-corrected chi connectivity index (χ4v) is 3.09. The van der Waals surface area contributed by atoms with Crippen LogP contribution in [0.3, 0.4) is 0 Å². The molecule has 2 rings (SSSR count). The number of carboxylic acids is 1. The Kier molecular flexibility index (Phi) is 7.23. The predicted molar refractivity (Wildman–Crippen MR) is 111 cm³/mol. The monoisotopic (exact) mass is 481 g/mol. The number of amides is 1. The number of nitrogens with one attached hydrogen (secondary N) is 1. The van der Waals surface area contributed by atoms with E-state index in [1.165, 1.54) is 25.7 Å². The second-order valence-corrected chi connectivity index (χ2v) is 7.01. The van der Waals surface area contributed by atoms with Crippen molar-refractivity contribution in [3.8, 4) is 11.5 Å². The summed E-state index contributed by atoms with van der Waals surface area (Å²) >= 11 is 2.10. The fourth-order valence-electron chi connectivity index (χ4n) is 2.31. The van der Waals surface area contributed by atoms with Crippen LogP contribution in [0.15, 0.2) is 42.1 Å². The van der Waals surface area contributed by atoms with Gasteiger partial charge in [-0.2, -0.15) is 0 Å². The molecule has 0 saturated carbocycles. The highest BCUT2D eigenvalue weighted by Gasteiger charge is 2.14. The van der Waals surface area contributed by atoms with Crippen LogP contribution in [0, 0.1) is 10.5 Å². The molecule has 27 heavy (non-hydrogen) atoms. The Labute approximate surface area is 171 Å². The fraction of sp³-hybridized carbons (Fsp3) is 0.200. The highest BCUT2D eigenvalue weighted by molar-refractivity contribution is 14.1. The van der Waals surface area contributed by atoms with Gasteiger partial charge in [-0.1, -0.05) is 29.8 Å². The number of aliphatic carboxylic acids is 1. The van der Waals surface area contributed by atoms with Crippen molar-refractivity contribution in [2.24, 2.45) is 0 Å². The number of benzene rings is 2. The molecule has 0 unspecified atom stereocenters. The Morgan fingerprint density at radius 2 is 1.89 bits per heavy atom. The van der Waals surface area contributed by atoms with E-state index in [0.717, 1.165) is 9.13 Å². The Balaban J connectivity index is 2.29. The Bertz CT molecular complexity index is 875. The number of aryl methyl sites for hydroxylation is 1.